The molecule has 0 spiro atoms. The van der Waals surface area contributed by atoms with Crippen molar-refractivity contribution < 1.29 is 23.5 Å². The van der Waals surface area contributed by atoms with Crippen LogP contribution in [-0.4, -0.2) is 42.4 Å². The normalized spacial score (nSPS) is 22.6. The number of furan rings is 1. The van der Waals surface area contributed by atoms with Gasteiger partial charge in [0.25, 0.3) is 0 Å². The van der Waals surface area contributed by atoms with Crippen molar-refractivity contribution in [3.8, 4) is 0 Å². The van der Waals surface area contributed by atoms with E-state index < -0.39 is 22.6 Å². The molecule has 170 valence electrons. The SMILES string of the molecule is CCOC1CC(NC(=O)OC(C)(C)C)(C(=O)NCCc2cc3ccccc3o2)C1(C)C. The lowest BCUT2D eigenvalue weighted by atomic mass is 9.53. The van der Waals surface area contributed by atoms with Crippen LogP contribution in [0.4, 0.5) is 4.79 Å². The molecule has 0 aliphatic heterocycles. The number of para-hydroxylation sites is 1. The number of nitrogens with one attached hydrogen (secondary N) is 2. The minimum Gasteiger partial charge on any atom is -0.461 e. The highest BCUT2D eigenvalue weighted by Crippen LogP contribution is 2.51. The smallest absolute Gasteiger partial charge is 0.408 e. The second kappa shape index (κ2) is 8.54. The first-order valence-corrected chi connectivity index (χ1v) is 10.9. The van der Waals surface area contributed by atoms with Crippen molar-refractivity contribution in [1.82, 2.24) is 10.6 Å². The maximum absolute atomic E-state index is 13.3. The van der Waals surface area contributed by atoms with Gasteiger partial charge < -0.3 is 24.5 Å². The molecule has 1 aliphatic carbocycles. The van der Waals surface area contributed by atoms with Gasteiger partial charge in [-0.1, -0.05) is 32.0 Å². The van der Waals surface area contributed by atoms with E-state index in [9.17, 15) is 9.59 Å². The monoisotopic (exact) mass is 430 g/mol. The molecule has 1 saturated carbocycles. The number of hydrogen-bond donors (Lipinski definition) is 2. The number of benzene rings is 1. The van der Waals surface area contributed by atoms with Gasteiger partial charge in [-0.05, 0) is 39.8 Å². The van der Waals surface area contributed by atoms with Gasteiger partial charge in [0.2, 0.25) is 5.91 Å². The van der Waals surface area contributed by atoms with Crippen LogP contribution < -0.4 is 10.6 Å². The average molecular weight is 431 g/mol. The Balaban J connectivity index is 1.69. The first-order chi connectivity index (χ1) is 14.5. The molecule has 0 radical (unpaired) electrons. The van der Waals surface area contributed by atoms with E-state index in [-0.39, 0.29) is 12.0 Å². The summed E-state index contributed by atoms with van der Waals surface area (Å²) in [7, 11) is 0. The second-order valence-electron chi connectivity index (χ2n) is 9.66. The van der Waals surface area contributed by atoms with E-state index in [1.54, 1.807) is 20.8 Å². The van der Waals surface area contributed by atoms with Crippen molar-refractivity contribution in [2.75, 3.05) is 13.2 Å². The van der Waals surface area contributed by atoms with Gasteiger partial charge in [-0.15, -0.1) is 0 Å². The van der Waals surface area contributed by atoms with Crippen LogP contribution in [0.1, 0.15) is 53.7 Å². The van der Waals surface area contributed by atoms with E-state index in [4.69, 9.17) is 13.9 Å². The molecule has 1 aromatic carbocycles. The molecule has 0 saturated heterocycles. The van der Waals surface area contributed by atoms with Crippen LogP contribution in [0, 0.1) is 5.41 Å². The molecule has 1 heterocycles. The van der Waals surface area contributed by atoms with Crippen LogP contribution >= 0.6 is 0 Å². The summed E-state index contributed by atoms with van der Waals surface area (Å²) in [5.74, 6) is 0.561. The molecule has 0 bridgehead atoms. The first kappa shape index (κ1) is 23.1. The lowest BCUT2D eigenvalue weighted by molar-refractivity contribution is -0.178. The molecule has 3 rings (SSSR count). The number of carbonyl (C=O) groups excluding carboxylic acids is 2. The molecule has 1 aliphatic rings. The van der Waals surface area contributed by atoms with Crippen LogP contribution in [0.15, 0.2) is 34.7 Å². The van der Waals surface area contributed by atoms with E-state index >= 15 is 0 Å². The van der Waals surface area contributed by atoms with Crippen LogP contribution in [-0.2, 0) is 20.7 Å². The fourth-order valence-electron chi connectivity index (χ4n) is 4.15. The third kappa shape index (κ3) is 4.71. The van der Waals surface area contributed by atoms with Gasteiger partial charge in [0.15, 0.2) is 0 Å². The summed E-state index contributed by atoms with van der Waals surface area (Å²) >= 11 is 0. The fourth-order valence-corrected chi connectivity index (χ4v) is 4.15. The lowest BCUT2D eigenvalue weighted by Gasteiger charge is -2.59. The molecular formula is C24H34N2O5. The van der Waals surface area contributed by atoms with Gasteiger partial charge in [0.1, 0.15) is 22.5 Å². The van der Waals surface area contributed by atoms with Gasteiger partial charge in [0.05, 0.1) is 6.10 Å². The molecule has 2 aromatic rings. The Hall–Kier alpha value is -2.54. The van der Waals surface area contributed by atoms with Crippen LogP contribution in [0.25, 0.3) is 11.0 Å². The summed E-state index contributed by atoms with van der Waals surface area (Å²) in [5.41, 5.74) is -1.53. The lowest BCUT2D eigenvalue weighted by Crippen LogP contribution is -2.78. The molecular weight excluding hydrogens is 396 g/mol. The molecule has 2 unspecified atom stereocenters. The van der Waals surface area contributed by atoms with Gasteiger partial charge in [0, 0.05) is 36.8 Å². The van der Waals surface area contributed by atoms with E-state index in [0.29, 0.717) is 26.0 Å². The summed E-state index contributed by atoms with van der Waals surface area (Å²) in [5, 5.41) is 6.87. The summed E-state index contributed by atoms with van der Waals surface area (Å²) in [6.45, 7) is 12.1. The molecule has 2 N–H and O–H groups in total. The van der Waals surface area contributed by atoms with Gasteiger partial charge in [-0.25, -0.2) is 4.79 Å². The molecule has 2 atom stereocenters. The van der Waals surface area contributed by atoms with Crippen LogP contribution in [0.2, 0.25) is 0 Å². The van der Waals surface area contributed by atoms with Crippen LogP contribution in [0.3, 0.4) is 0 Å². The number of ether oxygens (including phenoxy) is 2. The van der Waals surface area contributed by atoms with Crippen molar-refractivity contribution in [3.63, 3.8) is 0 Å². The number of fused-ring (bicyclic) bond motifs is 1. The second-order valence-corrected chi connectivity index (χ2v) is 9.66. The minimum atomic E-state index is -1.11. The molecule has 31 heavy (non-hydrogen) atoms. The highest BCUT2D eigenvalue weighted by atomic mass is 16.6. The Morgan fingerprint density at radius 3 is 2.55 bits per heavy atom. The van der Waals surface area contributed by atoms with Crippen molar-refractivity contribution in [1.29, 1.82) is 0 Å². The molecule has 7 nitrogen and oxygen atoms in total. The van der Waals surface area contributed by atoms with Crippen molar-refractivity contribution >= 4 is 23.0 Å². The Labute approximate surface area is 183 Å². The molecule has 1 fully saturated rings. The predicted octanol–water partition coefficient (Wildman–Crippen LogP) is 4.19. The molecule has 7 heteroatoms. The third-order valence-corrected chi connectivity index (χ3v) is 6.00. The maximum Gasteiger partial charge on any atom is 0.408 e. The number of carbonyl (C=O) groups is 2. The average Bonchev–Trinajstić information content (AvgIpc) is 3.08. The van der Waals surface area contributed by atoms with Crippen molar-refractivity contribution in [3.05, 3.63) is 36.1 Å². The Morgan fingerprint density at radius 2 is 1.94 bits per heavy atom. The zero-order valence-electron chi connectivity index (χ0n) is 19.3. The first-order valence-electron chi connectivity index (χ1n) is 10.9. The Kier molecular flexibility index (Phi) is 6.37. The third-order valence-electron chi connectivity index (χ3n) is 6.00. The zero-order chi connectivity index (χ0) is 22.9. The summed E-state index contributed by atoms with van der Waals surface area (Å²) < 4.78 is 17.1. The minimum absolute atomic E-state index is 0.131. The van der Waals surface area contributed by atoms with E-state index in [1.807, 2.05) is 51.1 Å². The molecule has 1 aromatic heterocycles. The molecule has 2 amide bonds. The van der Waals surface area contributed by atoms with Gasteiger partial charge in [-0.3, -0.25) is 4.79 Å². The summed E-state index contributed by atoms with van der Waals surface area (Å²) in [6.07, 6.45) is 0.207. The number of alkyl carbamates (subject to hydrolysis) is 1. The fraction of sp³-hybridized carbons (Fsp3) is 0.583. The predicted molar refractivity (Wildman–Crippen MR) is 119 cm³/mol. The van der Waals surface area contributed by atoms with E-state index in [0.717, 1.165) is 16.7 Å². The number of rotatable bonds is 7. The topological polar surface area (TPSA) is 89.8 Å². The van der Waals surface area contributed by atoms with Gasteiger partial charge in [-0.2, -0.15) is 0 Å². The Morgan fingerprint density at radius 1 is 1.23 bits per heavy atom. The standard InChI is InChI=1S/C24H34N2O5/c1-7-29-19-15-24(23(19,5)6,26-21(28)31-22(2,3)4)20(27)25-13-12-17-14-16-10-8-9-11-18(16)30-17/h8-11,14,19H,7,12-13,15H2,1-6H3,(H,25,27)(H,26,28). The van der Waals surface area contributed by atoms with Gasteiger partial charge >= 0.3 is 6.09 Å². The number of hydrogen-bond acceptors (Lipinski definition) is 5. The Bertz CT molecular complexity index is 910. The summed E-state index contributed by atoms with van der Waals surface area (Å²) in [6, 6.07) is 9.78. The highest BCUT2D eigenvalue weighted by molar-refractivity contribution is 5.92. The quantitative estimate of drug-likeness (QED) is 0.687. The van der Waals surface area contributed by atoms with E-state index in [1.165, 1.54) is 0 Å². The van der Waals surface area contributed by atoms with E-state index in [2.05, 4.69) is 10.6 Å². The number of amides is 2. The van der Waals surface area contributed by atoms with Crippen molar-refractivity contribution in [2.45, 2.75) is 71.6 Å². The van der Waals surface area contributed by atoms with Crippen LogP contribution in [0.5, 0.6) is 0 Å². The highest BCUT2D eigenvalue weighted by Gasteiger charge is 2.66. The largest absolute Gasteiger partial charge is 0.461 e. The maximum atomic E-state index is 13.3. The zero-order valence-corrected chi connectivity index (χ0v) is 19.3. The summed E-state index contributed by atoms with van der Waals surface area (Å²) in [4.78, 5) is 25.9. The van der Waals surface area contributed by atoms with Crippen molar-refractivity contribution in [2.24, 2.45) is 5.41 Å².